The average molecular weight is 553 g/mol. The Balaban J connectivity index is 1.85. The number of allylic oxidation sites excluding steroid dienone is 1. The zero-order valence-corrected chi connectivity index (χ0v) is 26.6. The van der Waals surface area contributed by atoms with Crippen molar-refractivity contribution in [3.05, 3.63) is 47.0 Å². The summed E-state index contributed by atoms with van der Waals surface area (Å²) >= 11 is 0. The van der Waals surface area contributed by atoms with Crippen molar-refractivity contribution in [2.75, 3.05) is 6.61 Å². The third-order valence-electron chi connectivity index (χ3n) is 13.3. The van der Waals surface area contributed by atoms with Crippen LogP contribution in [0.15, 0.2) is 41.5 Å². The van der Waals surface area contributed by atoms with E-state index in [9.17, 15) is 15.0 Å². The molecule has 0 aromatic heterocycles. The molecule has 3 aliphatic carbocycles. The van der Waals surface area contributed by atoms with Gasteiger partial charge in [0, 0.05) is 11.3 Å². The summed E-state index contributed by atoms with van der Waals surface area (Å²) in [6.07, 6.45) is -0.119. The zero-order chi connectivity index (χ0) is 29.8. The third kappa shape index (κ3) is 3.53. The van der Waals surface area contributed by atoms with Gasteiger partial charge in [-0.05, 0) is 65.9 Å². The number of esters is 1. The van der Waals surface area contributed by atoms with Crippen molar-refractivity contribution in [2.24, 2.45) is 45.3 Å². The molecule has 5 nitrogen and oxygen atoms in total. The number of hydrogen-bond donors (Lipinski definition) is 2. The molecule has 4 aliphatic rings. The molecule has 0 radical (unpaired) electrons. The van der Waals surface area contributed by atoms with E-state index in [0.717, 1.165) is 0 Å². The van der Waals surface area contributed by atoms with Crippen molar-refractivity contribution in [1.82, 2.24) is 0 Å². The summed E-state index contributed by atoms with van der Waals surface area (Å²) < 4.78 is 12.7. The van der Waals surface area contributed by atoms with Crippen LogP contribution in [0.25, 0.3) is 0 Å². The monoisotopic (exact) mass is 552 g/mol. The maximum absolute atomic E-state index is 13.9. The first-order chi connectivity index (χ1) is 18.3. The van der Waals surface area contributed by atoms with Crippen LogP contribution in [-0.2, 0) is 9.47 Å². The van der Waals surface area contributed by atoms with E-state index >= 15 is 0 Å². The van der Waals surface area contributed by atoms with Crippen molar-refractivity contribution in [3.63, 3.8) is 0 Å². The molecule has 1 aliphatic heterocycles. The average Bonchev–Trinajstić information content (AvgIpc) is 2.86. The van der Waals surface area contributed by atoms with E-state index in [4.69, 9.17) is 9.47 Å². The van der Waals surface area contributed by atoms with Gasteiger partial charge in [0.25, 0.3) is 0 Å². The Hall–Kier alpha value is -1.69. The lowest BCUT2D eigenvalue weighted by atomic mass is 9.33. The topological polar surface area (TPSA) is 76.0 Å². The molecule has 1 saturated heterocycles. The van der Waals surface area contributed by atoms with Crippen LogP contribution in [0.5, 0.6) is 0 Å². The van der Waals surface area contributed by atoms with Crippen molar-refractivity contribution in [1.29, 1.82) is 0 Å². The standard InChI is InChI=1S/C35H52O5/c1-20(2)24-17-35(38)28(40-29(36)23-15-13-12-14-16-23)27-33(11,30(5,6)18-25-34(27,37)19-39-25)31(7,8)22(4)26(21(24)3)32(35,9)10/h12-16,20,22,24-25,27-28,37-38H,17-19H2,1-11H3/t22-,24-,25?,27?,28?,33+,34?,35?/m1/s1. The highest BCUT2D eigenvalue weighted by atomic mass is 16.6. The van der Waals surface area contributed by atoms with E-state index in [1.807, 2.05) is 18.2 Å². The number of carbonyl (C=O) groups excluding carboxylic acids is 1. The van der Waals surface area contributed by atoms with Crippen LogP contribution >= 0.6 is 0 Å². The first-order valence-electron chi connectivity index (χ1n) is 15.3. The van der Waals surface area contributed by atoms with Crippen LogP contribution in [0, 0.1) is 45.3 Å². The van der Waals surface area contributed by atoms with Crippen LogP contribution in [0.2, 0.25) is 0 Å². The normalized spacial score (nSPS) is 43.1. The number of hydrogen-bond acceptors (Lipinski definition) is 5. The predicted octanol–water partition coefficient (Wildman–Crippen LogP) is 6.82. The molecule has 0 spiro atoms. The molecule has 0 amide bonds. The summed E-state index contributed by atoms with van der Waals surface area (Å²) in [6.45, 7) is 25.0. The Morgan fingerprint density at radius 1 is 1.00 bits per heavy atom. The summed E-state index contributed by atoms with van der Waals surface area (Å²) in [6, 6.07) is 9.05. The van der Waals surface area contributed by atoms with E-state index in [0.29, 0.717) is 24.3 Å². The molecule has 2 bridgehead atoms. The molecule has 40 heavy (non-hydrogen) atoms. The summed E-state index contributed by atoms with van der Waals surface area (Å²) in [5, 5.41) is 25.9. The van der Waals surface area contributed by atoms with Gasteiger partial charge >= 0.3 is 5.97 Å². The predicted molar refractivity (Wildman–Crippen MR) is 158 cm³/mol. The number of benzene rings is 1. The lowest BCUT2D eigenvalue weighted by Crippen LogP contribution is -2.81. The molecule has 5 heteroatoms. The third-order valence-corrected chi connectivity index (χ3v) is 13.3. The minimum absolute atomic E-state index is 0.120. The quantitative estimate of drug-likeness (QED) is 0.318. The fourth-order valence-electron chi connectivity index (χ4n) is 10.1. The van der Waals surface area contributed by atoms with Gasteiger partial charge in [-0.2, -0.15) is 0 Å². The number of fused-ring (bicyclic) bond motifs is 5. The molecule has 5 rings (SSSR count). The van der Waals surface area contributed by atoms with Gasteiger partial charge in [-0.15, -0.1) is 0 Å². The second-order valence-electron chi connectivity index (χ2n) is 15.9. The minimum Gasteiger partial charge on any atom is -0.455 e. The first kappa shape index (κ1) is 29.8. The second kappa shape index (κ2) is 8.91. The summed E-state index contributed by atoms with van der Waals surface area (Å²) in [7, 11) is 0. The Bertz CT molecular complexity index is 1210. The van der Waals surface area contributed by atoms with Gasteiger partial charge in [-0.25, -0.2) is 4.79 Å². The highest BCUT2D eigenvalue weighted by Crippen LogP contribution is 2.74. The number of rotatable bonds is 3. The highest BCUT2D eigenvalue weighted by molar-refractivity contribution is 5.89. The summed E-state index contributed by atoms with van der Waals surface area (Å²) in [5.74, 6) is -0.441. The number of carbonyl (C=O) groups is 1. The smallest absolute Gasteiger partial charge is 0.338 e. The Kier molecular flexibility index (Phi) is 6.63. The first-order valence-corrected chi connectivity index (χ1v) is 15.3. The summed E-state index contributed by atoms with van der Waals surface area (Å²) in [4.78, 5) is 13.9. The zero-order valence-electron chi connectivity index (χ0n) is 26.6. The second-order valence-corrected chi connectivity index (χ2v) is 15.9. The van der Waals surface area contributed by atoms with Crippen molar-refractivity contribution in [2.45, 2.75) is 112 Å². The molecule has 1 aromatic carbocycles. The van der Waals surface area contributed by atoms with Crippen molar-refractivity contribution >= 4 is 5.97 Å². The lowest BCUT2D eigenvalue weighted by molar-refractivity contribution is -0.373. The maximum Gasteiger partial charge on any atom is 0.338 e. The molecule has 5 unspecified atom stereocenters. The molecule has 8 atom stereocenters. The Morgan fingerprint density at radius 2 is 1.60 bits per heavy atom. The van der Waals surface area contributed by atoms with Gasteiger partial charge in [-0.3, -0.25) is 0 Å². The van der Waals surface area contributed by atoms with Gasteiger partial charge in [0.05, 0.1) is 18.3 Å². The molecule has 1 heterocycles. The molecule has 3 fully saturated rings. The Labute approximate surface area is 241 Å². The molecule has 222 valence electrons. The van der Waals surface area contributed by atoms with E-state index in [1.54, 1.807) is 12.1 Å². The van der Waals surface area contributed by atoms with Gasteiger partial charge in [0.2, 0.25) is 0 Å². The van der Waals surface area contributed by atoms with E-state index < -0.39 is 40.0 Å². The van der Waals surface area contributed by atoms with E-state index in [1.165, 1.54) is 11.1 Å². The number of aliphatic hydroxyl groups is 2. The lowest BCUT2D eigenvalue weighted by Gasteiger charge is -2.75. The van der Waals surface area contributed by atoms with E-state index in [2.05, 4.69) is 76.2 Å². The largest absolute Gasteiger partial charge is 0.455 e. The molecule has 2 saturated carbocycles. The van der Waals surface area contributed by atoms with Crippen LogP contribution < -0.4 is 0 Å². The number of ether oxygens (including phenoxy) is 2. The summed E-state index contributed by atoms with van der Waals surface area (Å²) in [5.41, 5.74) is -1.33. The highest BCUT2D eigenvalue weighted by Gasteiger charge is 2.78. The fraction of sp³-hybridized carbons (Fsp3) is 0.743. The molecular weight excluding hydrogens is 500 g/mol. The van der Waals surface area contributed by atoms with Crippen LogP contribution in [-0.4, -0.2) is 46.2 Å². The van der Waals surface area contributed by atoms with Crippen LogP contribution in [0.3, 0.4) is 0 Å². The molecular formula is C35H52O5. The van der Waals surface area contributed by atoms with E-state index in [-0.39, 0.29) is 35.4 Å². The minimum atomic E-state index is -1.40. The van der Waals surface area contributed by atoms with Crippen LogP contribution in [0.1, 0.15) is 99.4 Å². The molecule has 2 N–H and O–H groups in total. The Morgan fingerprint density at radius 3 is 2.12 bits per heavy atom. The van der Waals surface area contributed by atoms with Gasteiger partial charge in [-0.1, -0.05) is 98.6 Å². The van der Waals surface area contributed by atoms with Crippen LogP contribution in [0.4, 0.5) is 0 Å². The maximum atomic E-state index is 13.9. The van der Waals surface area contributed by atoms with Gasteiger partial charge in [0.15, 0.2) is 0 Å². The fourth-order valence-corrected chi connectivity index (χ4v) is 10.1. The van der Waals surface area contributed by atoms with Crippen molar-refractivity contribution < 1.29 is 24.5 Å². The van der Waals surface area contributed by atoms with Gasteiger partial charge < -0.3 is 19.7 Å². The van der Waals surface area contributed by atoms with Crippen molar-refractivity contribution in [3.8, 4) is 0 Å². The van der Waals surface area contributed by atoms with Gasteiger partial charge in [0.1, 0.15) is 17.3 Å². The SMILES string of the molecule is CC1=C2[C@@H](C)C(C)(C)[C@@]3(C)C(C(OC(=O)c4ccccc4)C(O)(C[C@@H]1C(C)C)C2(C)C)C1(O)COC1CC3(C)C. The molecule has 1 aromatic rings.